The van der Waals surface area contributed by atoms with Crippen LogP contribution in [0.25, 0.3) is 0 Å². The normalized spacial score (nSPS) is 17.6. The summed E-state index contributed by atoms with van der Waals surface area (Å²) >= 11 is 0. The molecule has 0 amide bonds. The Kier molecular flexibility index (Phi) is 2.41. The molecule has 0 spiro atoms. The summed E-state index contributed by atoms with van der Waals surface area (Å²) in [6.45, 7) is 1.65. The van der Waals surface area contributed by atoms with Crippen LogP contribution in [0, 0.1) is 6.92 Å². The van der Waals surface area contributed by atoms with Gasteiger partial charge in [0.2, 0.25) is 0 Å². The number of nitrogens with zero attached hydrogens (tertiary/aromatic N) is 1. The molecule has 0 aliphatic heterocycles. The summed E-state index contributed by atoms with van der Waals surface area (Å²) in [6, 6.07) is 1.27. The van der Waals surface area contributed by atoms with Crippen LogP contribution in [0.3, 0.4) is 0 Å². The molecule has 0 aromatic carbocycles. The number of carboxylic acids is 1. The molecular formula is C10H13N3O3. The zero-order chi connectivity index (χ0) is 11.8. The maximum Gasteiger partial charge on any atom is 0.329 e. The molecule has 6 heteroatoms. The fourth-order valence-corrected chi connectivity index (χ4v) is 1.81. The first kappa shape index (κ1) is 10.7. The Labute approximate surface area is 91.7 Å². The summed E-state index contributed by atoms with van der Waals surface area (Å²) in [4.78, 5) is 28.9. The molecule has 1 heterocycles. The second-order valence-corrected chi connectivity index (χ2v) is 4.08. The predicted molar refractivity (Wildman–Crippen MR) is 57.4 cm³/mol. The molecule has 0 radical (unpaired) electrons. The standard InChI is InChI=1S/C10H13N3O3/c1-6-11-7(5-8(14)12-6)13-10(9(15)16)3-2-4-10/h5H,2-4H2,1H3,(H,15,16)(H2,11,12,13,14). The van der Waals surface area contributed by atoms with Gasteiger partial charge >= 0.3 is 5.97 Å². The van der Waals surface area contributed by atoms with Crippen molar-refractivity contribution in [3.05, 3.63) is 22.2 Å². The third kappa shape index (κ3) is 1.78. The van der Waals surface area contributed by atoms with E-state index in [1.165, 1.54) is 6.07 Å². The lowest BCUT2D eigenvalue weighted by Gasteiger charge is -2.38. The quantitative estimate of drug-likeness (QED) is 0.693. The molecule has 0 saturated heterocycles. The topological polar surface area (TPSA) is 95.1 Å². The summed E-state index contributed by atoms with van der Waals surface area (Å²) in [5.41, 5.74) is -1.22. The smallest absolute Gasteiger partial charge is 0.329 e. The van der Waals surface area contributed by atoms with E-state index in [1.807, 2.05) is 0 Å². The molecule has 1 saturated carbocycles. The lowest BCUT2D eigenvalue weighted by atomic mass is 9.77. The van der Waals surface area contributed by atoms with Gasteiger partial charge in [0.05, 0.1) is 0 Å². The summed E-state index contributed by atoms with van der Waals surface area (Å²) in [5.74, 6) is -0.100. The highest BCUT2D eigenvalue weighted by molar-refractivity contribution is 5.83. The second-order valence-electron chi connectivity index (χ2n) is 4.08. The number of aromatic nitrogens is 2. The van der Waals surface area contributed by atoms with E-state index in [2.05, 4.69) is 15.3 Å². The summed E-state index contributed by atoms with van der Waals surface area (Å²) in [6.07, 6.45) is 2.01. The average molecular weight is 223 g/mol. The number of anilines is 1. The van der Waals surface area contributed by atoms with Crippen LogP contribution in [0.1, 0.15) is 25.1 Å². The number of aryl methyl sites for hydroxylation is 1. The van der Waals surface area contributed by atoms with Gasteiger partial charge in [-0.1, -0.05) is 0 Å². The van der Waals surface area contributed by atoms with E-state index in [0.717, 1.165) is 6.42 Å². The third-order valence-corrected chi connectivity index (χ3v) is 2.84. The fourth-order valence-electron chi connectivity index (χ4n) is 1.81. The molecule has 0 unspecified atom stereocenters. The van der Waals surface area contributed by atoms with Crippen molar-refractivity contribution >= 4 is 11.8 Å². The van der Waals surface area contributed by atoms with Crippen LogP contribution >= 0.6 is 0 Å². The molecule has 6 nitrogen and oxygen atoms in total. The van der Waals surface area contributed by atoms with Gasteiger partial charge in [-0.2, -0.15) is 0 Å². The number of rotatable bonds is 3. The van der Waals surface area contributed by atoms with E-state index in [9.17, 15) is 9.59 Å². The Hall–Kier alpha value is -1.85. The largest absolute Gasteiger partial charge is 0.480 e. The van der Waals surface area contributed by atoms with Gasteiger partial charge in [-0.3, -0.25) is 4.79 Å². The Balaban J connectivity index is 2.26. The highest BCUT2D eigenvalue weighted by Gasteiger charge is 2.44. The van der Waals surface area contributed by atoms with Crippen molar-refractivity contribution in [2.75, 3.05) is 5.32 Å². The number of hydrogen-bond donors (Lipinski definition) is 3. The number of nitrogens with one attached hydrogen (secondary N) is 2. The van der Waals surface area contributed by atoms with Crippen LogP contribution in [0.2, 0.25) is 0 Å². The van der Waals surface area contributed by atoms with Gasteiger partial charge in [0.15, 0.2) is 0 Å². The highest BCUT2D eigenvalue weighted by atomic mass is 16.4. The summed E-state index contributed by atoms with van der Waals surface area (Å²) in [5, 5.41) is 11.9. The Bertz CT molecular complexity index is 476. The minimum Gasteiger partial charge on any atom is -0.480 e. The van der Waals surface area contributed by atoms with Gasteiger partial charge in [-0.05, 0) is 26.2 Å². The lowest BCUT2D eigenvalue weighted by Crippen LogP contribution is -2.52. The van der Waals surface area contributed by atoms with Gasteiger partial charge in [-0.15, -0.1) is 0 Å². The van der Waals surface area contributed by atoms with E-state index in [4.69, 9.17) is 5.11 Å². The first-order valence-corrected chi connectivity index (χ1v) is 5.11. The van der Waals surface area contributed by atoms with Crippen molar-refractivity contribution in [2.45, 2.75) is 31.7 Å². The van der Waals surface area contributed by atoms with E-state index in [-0.39, 0.29) is 5.56 Å². The highest BCUT2D eigenvalue weighted by Crippen LogP contribution is 2.34. The molecule has 1 aliphatic rings. The van der Waals surface area contributed by atoms with E-state index in [0.29, 0.717) is 24.5 Å². The predicted octanol–water partition coefficient (Wildman–Crippen LogP) is 0.498. The van der Waals surface area contributed by atoms with Crippen LogP contribution in [-0.4, -0.2) is 26.6 Å². The van der Waals surface area contributed by atoms with Crippen molar-refractivity contribution < 1.29 is 9.90 Å². The number of H-pyrrole nitrogens is 1. The van der Waals surface area contributed by atoms with Gasteiger partial charge in [-0.25, -0.2) is 9.78 Å². The zero-order valence-corrected chi connectivity index (χ0v) is 8.91. The molecule has 0 atom stereocenters. The molecule has 3 N–H and O–H groups in total. The Morgan fingerprint density at radius 3 is 2.75 bits per heavy atom. The van der Waals surface area contributed by atoms with Crippen LogP contribution in [0.15, 0.2) is 10.9 Å². The molecule has 1 aliphatic carbocycles. The molecule has 2 rings (SSSR count). The van der Waals surface area contributed by atoms with Crippen LogP contribution < -0.4 is 10.9 Å². The van der Waals surface area contributed by atoms with E-state index >= 15 is 0 Å². The molecule has 1 aromatic rings. The maximum atomic E-state index is 11.2. The molecular weight excluding hydrogens is 210 g/mol. The number of aliphatic carboxylic acids is 1. The minimum atomic E-state index is -0.937. The van der Waals surface area contributed by atoms with E-state index in [1.54, 1.807) is 6.92 Å². The first-order valence-electron chi connectivity index (χ1n) is 5.11. The molecule has 86 valence electrons. The third-order valence-electron chi connectivity index (χ3n) is 2.84. The van der Waals surface area contributed by atoms with E-state index < -0.39 is 11.5 Å². The lowest BCUT2D eigenvalue weighted by molar-refractivity contribution is -0.145. The van der Waals surface area contributed by atoms with Gasteiger partial charge in [0.25, 0.3) is 5.56 Å². The van der Waals surface area contributed by atoms with Crippen LogP contribution in [0.4, 0.5) is 5.82 Å². The monoisotopic (exact) mass is 223 g/mol. The maximum absolute atomic E-state index is 11.2. The van der Waals surface area contributed by atoms with Crippen molar-refractivity contribution in [1.82, 2.24) is 9.97 Å². The number of hydrogen-bond acceptors (Lipinski definition) is 4. The van der Waals surface area contributed by atoms with Crippen molar-refractivity contribution in [2.24, 2.45) is 0 Å². The SMILES string of the molecule is Cc1nc(NC2(C(=O)O)CCC2)cc(=O)[nH]1. The molecule has 16 heavy (non-hydrogen) atoms. The van der Waals surface area contributed by atoms with Crippen molar-refractivity contribution in [1.29, 1.82) is 0 Å². The van der Waals surface area contributed by atoms with Crippen molar-refractivity contribution in [3.8, 4) is 0 Å². The van der Waals surface area contributed by atoms with Gasteiger partial charge in [0.1, 0.15) is 17.2 Å². The Morgan fingerprint density at radius 2 is 2.31 bits per heavy atom. The second kappa shape index (κ2) is 3.62. The number of carbonyl (C=O) groups is 1. The zero-order valence-electron chi connectivity index (χ0n) is 8.91. The minimum absolute atomic E-state index is 0.283. The summed E-state index contributed by atoms with van der Waals surface area (Å²) < 4.78 is 0. The fraction of sp³-hybridized carbons (Fsp3) is 0.500. The molecule has 0 bridgehead atoms. The summed E-state index contributed by atoms with van der Waals surface area (Å²) in [7, 11) is 0. The van der Waals surface area contributed by atoms with Crippen LogP contribution in [0.5, 0.6) is 0 Å². The Morgan fingerprint density at radius 1 is 1.62 bits per heavy atom. The number of carboxylic acid groups (broad SMARTS) is 1. The van der Waals surface area contributed by atoms with Gasteiger partial charge < -0.3 is 15.4 Å². The van der Waals surface area contributed by atoms with Crippen molar-refractivity contribution in [3.63, 3.8) is 0 Å². The van der Waals surface area contributed by atoms with Crippen LogP contribution in [-0.2, 0) is 4.79 Å². The average Bonchev–Trinajstić information content (AvgIpc) is 2.09. The van der Waals surface area contributed by atoms with Gasteiger partial charge in [0, 0.05) is 6.07 Å². The molecule has 1 aromatic heterocycles. The number of aromatic amines is 1. The first-order chi connectivity index (χ1) is 7.52. The molecule has 1 fully saturated rings.